The Bertz CT molecular complexity index is 752. The highest BCUT2D eigenvalue weighted by molar-refractivity contribution is 6.62. The number of nitrogen functional groups attached to an aromatic ring is 1. The van der Waals surface area contributed by atoms with E-state index in [1.807, 2.05) is 60.6 Å². The highest BCUT2D eigenvalue weighted by Crippen LogP contribution is 2.37. The molecule has 3 heterocycles. The molecule has 3 rings (SSSR count). The van der Waals surface area contributed by atoms with Crippen molar-refractivity contribution in [2.75, 3.05) is 18.8 Å². The van der Waals surface area contributed by atoms with Crippen LogP contribution in [0, 0.1) is 0 Å². The van der Waals surface area contributed by atoms with Crippen molar-refractivity contribution in [3.8, 4) is 0 Å². The monoisotopic (exact) mass is 403 g/mol. The van der Waals surface area contributed by atoms with E-state index < -0.39 is 23.9 Å². The number of nitrogens with two attached hydrogens (primary N) is 1. The van der Waals surface area contributed by atoms with Crippen molar-refractivity contribution < 1.29 is 18.8 Å². The minimum Gasteiger partial charge on any atom is -0.444 e. The number of rotatable bonds is 2. The number of anilines is 1. The van der Waals surface area contributed by atoms with Gasteiger partial charge in [-0.05, 0) is 78.9 Å². The van der Waals surface area contributed by atoms with E-state index in [9.17, 15) is 4.79 Å². The Hall–Kier alpha value is -1.80. The van der Waals surface area contributed by atoms with Gasteiger partial charge in [0.05, 0.1) is 11.2 Å². The Labute approximate surface area is 174 Å². The summed E-state index contributed by atoms with van der Waals surface area (Å²) in [6.07, 6.45) is 1.38. The Morgan fingerprint density at radius 1 is 1.17 bits per heavy atom. The summed E-state index contributed by atoms with van der Waals surface area (Å²) in [5.74, 6) is 0.695. The largest absolute Gasteiger partial charge is 0.495 e. The van der Waals surface area contributed by atoms with Crippen molar-refractivity contribution in [3.05, 3.63) is 17.8 Å². The second-order valence-electron chi connectivity index (χ2n) is 10.1. The molecule has 29 heavy (non-hydrogen) atoms. The number of carbonyl (C=O) groups is 1. The summed E-state index contributed by atoms with van der Waals surface area (Å²) in [6, 6.07) is 3.85. The lowest BCUT2D eigenvalue weighted by molar-refractivity contribution is 0.00578. The number of nitrogens with zero attached hydrogens (tertiary/aromatic N) is 2. The van der Waals surface area contributed by atoms with Crippen molar-refractivity contribution in [1.82, 2.24) is 9.88 Å². The average molecular weight is 403 g/mol. The van der Waals surface area contributed by atoms with Crippen LogP contribution >= 0.6 is 0 Å². The summed E-state index contributed by atoms with van der Waals surface area (Å²) in [5, 5.41) is 0. The first-order valence-electron chi connectivity index (χ1n) is 10.4. The predicted molar refractivity (Wildman–Crippen MR) is 114 cm³/mol. The van der Waals surface area contributed by atoms with Gasteiger partial charge in [0.2, 0.25) is 0 Å². The van der Waals surface area contributed by atoms with Gasteiger partial charge in [-0.15, -0.1) is 0 Å². The minimum atomic E-state index is -0.485. The lowest BCUT2D eigenvalue weighted by Crippen LogP contribution is -2.41. The van der Waals surface area contributed by atoms with Crippen molar-refractivity contribution in [1.29, 1.82) is 0 Å². The molecule has 2 N–H and O–H groups in total. The Morgan fingerprint density at radius 2 is 1.72 bits per heavy atom. The van der Waals surface area contributed by atoms with E-state index in [0.29, 0.717) is 18.9 Å². The lowest BCUT2D eigenvalue weighted by Gasteiger charge is -2.33. The topological polar surface area (TPSA) is 86.9 Å². The number of hydrogen-bond acceptors (Lipinski definition) is 6. The smallest absolute Gasteiger partial charge is 0.444 e. The quantitative estimate of drug-likeness (QED) is 0.764. The summed E-state index contributed by atoms with van der Waals surface area (Å²) in [4.78, 5) is 18.6. The molecule has 0 saturated carbocycles. The van der Waals surface area contributed by atoms with Crippen LogP contribution < -0.4 is 11.2 Å². The molecule has 0 aromatic carbocycles. The van der Waals surface area contributed by atoms with Gasteiger partial charge in [-0.2, -0.15) is 0 Å². The van der Waals surface area contributed by atoms with Gasteiger partial charge >= 0.3 is 13.2 Å². The highest BCUT2D eigenvalue weighted by Gasteiger charge is 2.52. The van der Waals surface area contributed by atoms with Crippen LogP contribution in [-0.4, -0.2) is 53.0 Å². The molecular formula is C21H34BN3O4. The molecule has 2 fully saturated rings. The van der Waals surface area contributed by atoms with Crippen molar-refractivity contribution in [3.63, 3.8) is 0 Å². The molecule has 0 atom stereocenters. The Morgan fingerprint density at radius 3 is 2.24 bits per heavy atom. The van der Waals surface area contributed by atoms with Crippen LogP contribution in [0.1, 0.15) is 72.9 Å². The molecule has 0 unspecified atom stereocenters. The molecule has 160 valence electrons. The minimum absolute atomic E-state index is 0.235. The van der Waals surface area contributed by atoms with Crippen LogP contribution in [-0.2, 0) is 14.0 Å². The third-order valence-corrected chi connectivity index (χ3v) is 5.98. The van der Waals surface area contributed by atoms with Crippen LogP contribution in [0.2, 0.25) is 0 Å². The molecule has 0 aliphatic carbocycles. The van der Waals surface area contributed by atoms with Gasteiger partial charge < -0.3 is 24.7 Å². The van der Waals surface area contributed by atoms with Gasteiger partial charge in [0, 0.05) is 24.7 Å². The van der Waals surface area contributed by atoms with Gasteiger partial charge in [0.1, 0.15) is 11.4 Å². The van der Waals surface area contributed by atoms with E-state index in [1.165, 1.54) is 0 Å². The Kier molecular flexibility index (Phi) is 5.64. The lowest BCUT2D eigenvalue weighted by atomic mass is 9.78. The van der Waals surface area contributed by atoms with Crippen LogP contribution in [0.25, 0.3) is 0 Å². The van der Waals surface area contributed by atoms with Gasteiger partial charge in [-0.3, -0.25) is 0 Å². The first-order chi connectivity index (χ1) is 13.3. The van der Waals surface area contributed by atoms with Crippen molar-refractivity contribution >= 4 is 24.5 Å². The van der Waals surface area contributed by atoms with Crippen molar-refractivity contribution in [2.24, 2.45) is 0 Å². The number of amides is 1. The molecule has 1 aromatic heterocycles. The van der Waals surface area contributed by atoms with E-state index in [-0.39, 0.29) is 12.0 Å². The molecule has 0 spiro atoms. The van der Waals surface area contributed by atoms with Crippen molar-refractivity contribution in [2.45, 2.75) is 84.0 Å². The Balaban J connectivity index is 1.70. The number of ether oxygens (including phenoxy) is 1. The molecule has 2 aliphatic rings. The molecule has 0 radical (unpaired) electrons. The first kappa shape index (κ1) is 21.9. The zero-order chi connectivity index (χ0) is 21.6. The molecule has 7 nitrogen and oxygen atoms in total. The van der Waals surface area contributed by atoms with E-state index in [1.54, 1.807) is 4.90 Å². The van der Waals surface area contributed by atoms with E-state index in [2.05, 4.69) is 4.98 Å². The van der Waals surface area contributed by atoms with Gasteiger partial charge in [-0.25, -0.2) is 9.78 Å². The van der Waals surface area contributed by atoms with Gasteiger partial charge in [-0.1, -0.05) is 0 Å². The molecule has 8 heteroatoms. The third kappa shape index (κ3) is 4.86. The van der Waals surface area contributed by atoms with Crippen LogP contribution in [0.3, 0.4) is 0 Å². The second-order valence-corrected chi connectivity index (χ2v) is 10.1. The van der Waals surface area contributed by atoms with Gasteiger partial charge in [0.15, 0.2) is 0 Å². The van der Waals surface area contributed by atoms with Crippen LogP contribution in [0.4, 0.5) is 10.6 Å². The number of pyridine rings is 1. The summed E-state index contributed by atoms with van der Waals surface area (Å²) in [6.45, 7) is 15.1. The second kappa shape index (κ2) is 7.47. The molecule has 2 saturated heterocycles. The zero-order valence-corrected chi connectivity index (χ0v) is 18.7. The van der Waals surface area contributed by atoms with E-state index >= 15 is 0 Å². The van der Waals surface area contributed by atoms with Crippen LogP contribution in [0.5, 0.6) is 0 Å². The molecule has 1 amide bonds. The fraction of sp³-hybridized carbons (Fsp3) is 0.714. The summed E-state index contributed by atoms with van der Waals surface area (Å²) in [7, 11) is -0.467. The first-order valence-corrected chi connectivity index (χ1v) is 10.4. The summed E-state index contributed by atoms with van der Waals surface area (Å²) < 4.78 is 17.8. The average Bonchev–Trinajstić information content (AvgIpc) is 2.81. The standard InChI is InChI=1S/C21H34BN3O4/c1-19(2,3)27-18(26)25-10-8-14(9-11-25)16-12-15(13-17(23)24-16)22-28-20(4,5)21(6,7)29-22/h12-14H,8-11H2,1-7H3,(H2,23,24). The van der Waals surface area contributed by atoms with Gasteiger partial charge in [0.25, 0.3) is 0 Å². The fourth-order valence-corrected chi connectivity index (χ4v) is 3.61. The molecule has 1 aromatic rings. The molecule has 0 bridgehead atoms. The van der Waals surface area contributed by atoms with E-state index in [0.717, 1.165) is 24.0 Å². The molecular weight excluding hydrogens is 369 g/mol. The predicted octanol–water partition coefficient (Wildman–Crippen LogP) is 3.08. The number of piperidine rings is 1. The number of aromatic nitrogens is 1. The maximum Gasteiger partial charge on any atom is 0.495 e. The van der Waals surface area contributed by atoms with Crippen LogP contribution in [0.15, 0.2) is 12.1 Å². The highest BCUT2D eigenvalue weighted by atomic mass is 16.7. The summed E-state index contributed by atoms with van der Waals surface area (Å²) in [5.41, 5.74) is 6.62. The normalized spacial score (nSPS) is 22.0. The zero-order valence-electron chi connectivity index (χ0n) is 18.7. The van der Waals surface area contributed by atoms with E-state index in [4.69, 9.17) is 19.8 Å². The number of hydrogen-bond donors (Lipinski definition) is 1. The maximum absolute atomic E-state index is 12.3. The number of carbonyl (C=O) groups excluding carboxylic acids is 1. The number of likely N-dealkylation sites (tertiary alicyclic amines) is 1. The SMILES string of the molecule is CC(C)(C)OC(=O)N1CCC(c2cc(B3OC(C)(C)C(C)(C)O3)cc(N)n2)CC1. The fourth-order valence-electron chi connectivity index (χ4n) is 3.61. The summed E-state index contributed by atoms with van der Waals surface area (Å²) >= 11 is 0. The molecule has 2 aliphatic heterocycles. The third-order valence-electron chi connectivity index (χ3n) is 5.98. The maximum atomic E-state index is 12.3.